The van der Waals surface area contributed by atoms with Crippen LogP contribution in [0.3, 0.4) is 0 Å². The molecule has 0 radical (unpaired) electrons. The molecule has 2 heterocycles. The summed E-state index contributed by atoms with van der Waals surface area (Å²) in [5.41, 5.74) is 0.154. The molecule has 1 aromatic rings. The SMILES string of the molecule is CC(C)(C)n1cc(C#N)cc1NC(=O)NC1CCCS(=O)(=O)C1. The lowest BCUT2D eigenvalue weighted by atomic mass is 10.1. The molecule has 1 atom stereocenters. The fourth-order valence-corrected chi connectivity index (χ4v) is 4.29. The number of carbonyl (C=O) groups is 1. The highest BCUT2D eigenvalue weighted by atomic mass is 32.2. The Morgan fingerprint density at radius 3 is 2.70 bits per heavy atom. The minimum absolute atomic E-state index is 0.0237. The predicted octanol–water partition coefficient (Wildman–Crippen LogP) is 1.81. The monoisotopic (exact) mass is 338 g/mol. The number of nitrogens with zero attached hydrogens (tertiary/aromatic N) is 2. The molecule has 1 aromatic heterocycles. The molecular formula is C15H22N4O3S. The van der Waals surface area contributed by atoms with E-state index in [0.717, 1.165) is 0 Å². The molecule has 1 aliphatic heterocycles. The van der Waals surface area contributed by atoms with Crippen LogP contribution in [-0.4, -0.2) is 36.6 Å². The highest BCUT2D eigenvalue weighted by molar-refractivity contribution is 7.91. The standard InChI is InChI=1S/C15H22N4O3S/c1-15(2,3)19-9-11(8-16)7-13(19)18-14(20)17-12-5-4-6-23(21,22)10-12/h7,9,12H,4-6,10H2,1-3H3,(H2,17,18,20). The second kappa shape index (κ2) is 6.24. The maximum absolute atomic E-state index is 12.2. The van der Waals surface area contributed by atoms with Gasteiger partial charge in [-0.1, -0.05) is 0 Å². The molecule has 2 amide bonds. The molecule has 1 aliphatic rings. The van der Waals surface area contributed by atoms with Gasteiger partial charge in [-0.05, 0) is 39.7 Å². The molecule has 7 nitrogen and oxygen atoms in total. The van der Waals surface area contributed by atoms with Crippen LogP contribution in [-0.2, 0) is 15.4 Å². The van der Waals surface area contributed by atoms with E-state index in [9.17, 15) is 13.2 Å². The molecule has 0 bridgehead atoms. The van der Waals surface area contributed by atoms with Crippen LogP contribution in [0.25, 0.3) is 0 Å². The van der Waals surface area contributed by atoms with E-state index in [4.69, 9.17) is 5.26 Å². The number of rotatable bonds is 2. The summed E-state index contributed by atoms with van der Waals surface area (Å²) in [6, 6.07) is 2.82. The molecule has 2 rings (SSSR count). The van der Waals surface area contributed by atoms with Gasteiger partial charge >= 0.3 is 6.03 Å². The zero-order valence-electron chi connectivity index (χ0n) is 13.6. The Labute approximate surface area is 136 Å². The van der Waals surface area contributed by atoms with Crippen LogP contribution in [0.1, 0.15) is 39.2 Å². The summed E-state index contributed by atoms with van der Waals surface area (Å²) in [6.07, 6.45) is 2.89. The topological polar surface area (TPSA) is 104 Å². The van der Waals surface area contributed by atoms with Crippen molar-refractivity contribution >= 4 is 21.7 Å². The van der Waals surface area contributed by atoms with E-state index >= 15 is 0 Å². The van der Waals surface area contributed by atoms with Crippen molar-refractivity contribution < 1.29 is 13.2 Å². The molecule has 1 fully saturated rings. The molecule has 0 spiro atoms. The van der Waals surface area contributed by atoms with Crippen LogP contribution in [0.5, 0.6) is 0 Å². The molecule has 2 N–H and O–H groups in total. The number of amides is 2. The molecular weight excluding hydrogens is 316 g/mol. The number of urea groups is 1. The Kier molecular flexibility index (Phi) is 4.71. The molecule has 8 heteroatoms. The van der Waals surface area contributed by atoms with Gasteiger partial charge in [0.2, 0.25) is 0 Å². The van der Waals surface area contributed by atoms with Gasteiger partial charge < -0.3 is 9.88 Å². The van der Waals surface area contributed by atoms with E-state index in [2.05, 4.69) is 16.7 Å². The second-order valence-corrected chi connectivity index (χ2v) is 9.05. The van der Waals surface area contributed by atoms with Crippen molar-refractivity contribution in [3.8, 4) is 6.07 Å². The number of nitriles is 1. The van der Waals surface area contributed by atoms with E-state index in [1.165, 1.54) is 0 Å². The lowest BCUT2D eigenvalue weighted by molar-refractivity contribution is 0.248. The second-order valence-electron chi connectivity index (χ2n) is 6.82. The fourth-order valence-electron chi connectivity index (χ4n) is 2.65. The average Bonchev–Trinajstić information content (AvgIpc) is 2.80. The van der Waals surface area contributed by atoms with Crippen molar-refractivity contribution in [2.75, 3.05) is 16.8 Å². The Morgan fingerprint density at radius 1 is 1.43 bits per heavy atom. The van der Waals surface area contributed by atoms with Crippen LogP contribution >= 0.6 is 0 Å². The van der Waals surface area contributed by atoms with Crippen molar-refractivity contribution in [1.82, 2.24) is 9.88 Å². The van der Waals surface area contributed by atoms with Gasteiger partial charge in [0.25, 0.3) is 0 Å². The predicted molar refractivity (Wildman–Crippen MR) is 88.0 cm³/mol. The number of aromatic nitrogens is 1. The van der Waals surface area contributed by atoms with Crippen molar-refractivity contribution in [2.24, 2.45) is 0 Å². The first-order valence-electron chi connectivity index (χ1n) is 7.52. The van der Waals surface area contributed by atoms with Gasteiger partial charge in [0.15, 0.2) is 9.84 Å². The summed E-state index contributed by atoms with van der Waals surface area (Å²) in [6.45, 7) is 5.89. The lowest BCUT2D eigenvalue weighted by Crippen LogP contribution is -2.45. The zero-order valence-corrected chi connectivity index (χ0v) is 14.4. The summed E-state index contributed by atoms with van der Waals surface area (Å²) >= 11 is 0. The summed E-state index contributed by atoms with van der Waals surface area (Å²) in [7, 11) is -3.07. The van der Waals surface area contributed by atoms with Gasteiger partial charge in [0.1, 0.15) is 11.9 Å². The van der Waals surface area contributed by atoms with Crippen LogP contribution in [0.4, 0.5) is 10.6 Å². The largest absolute Gasteiger partial charge is 0.334 e. The highest BCUT2D eigenvalue weighted by Gasteiger charge is 2.26. The third kappa shape index (κ3) is 4.48. The van der Waals surface area contributed by atoms with Crippen LogP contribution in [0.15, 0.2) is 12.3 Å². The number of hydrogen-bond acceptors (Lipinski definition) is 4. The van der Waals surface area contributed by atoms with Crippen LogP contribution in [0, 0.1) is 11.3 Å². The first-order valence-corrected chi connectivity index (χ1v) is 9.34. The first kappa shape index (κ1) is 17.3. The Balaban J connectivity index is 2.09. The van der Waals surface area contributed by atoms with Crippen molar-refractivity contribution in [2.45, 2.75) is 45.2 Å². The van der Waals surface area contributed by atoms with Crippen molar-refractivity contribution in [3.05, 3.63) is 17.8 Å². The normalized spacial score (nSPS) is 20.5. The molecule has 0 saturated carbocycles. The zero-order chi connectivity index (χ0) is 17.3. The van der Waals surface area contributed by atoms with Gasteiger partial charge in [0.05, 0.1) is 17.1 Å². The molecule has 1 unspecified atom stereocenters. The highest BCUT2D eigenvalue weighted by Crippen LogP contribution is 2.24. The van der Waals surface area contributed by atoms with Gasteiger partial charge in [-0.3, -0.25) is 5.32 Å². The van der Waals surface area contributed by atoms with Gasteiger partial charge in [-0.2, -0.15) is 5.26 Å². The maximum Gasteiger partial charge on any atom is 0.320 e. The van der Waals surface area contributed by atoms with Gasteiger partial charge in [-0.25, -0.2) is 13.2 Å². The minimum atomic E-state index is -3.07. The molecule has 23 heavy (non-hydrogen) atoms. The maximum atomic E-state index is 12.2. The van der Waals surface area contributed by atoms with Gasteiger partial charge in [-0.15, -0.1) is 0 Å². The van der Waals surface area contributed by atoms with E-state index < -0.39 is 15.9 Å². The van der Waals surface area contributed by atoms with Crippen LogP contribution < -0.4 is 10.6 Å². The number of nitrogens with one attached hydrogen (secondary N) is 2. The van der Waals surface area contributed by atoms with Gasteiger partial charge in [0, 0.05) is 17.8 Å². The molecule has 0 aliphatic carbocycles. The molecule has 1 saturated heterocycles. The van der Waals surface area contributed by atoms with E-state index in [1.807, 2.05) is 25.3 Å². The summed E-state index contributed by atoms with van der Waals surface area (Å²) < 4.78 is 25.0. The minimum Gasteiger partial charge on any atom is -0.334 e. The van der Waals surface area contributed by atoms with E-state index in [1.54, 1.807) is 12.3 Å². The summed E-state index contributed by atoms with van der Waals surface area (Å²) in [4.78, 5) is 12.2. The van der Waals surface area contributed by atoms with Crippen molar-refractivity contribution in [1.29, 1.82) is 5.26 Å². The number of anilines is 1. The average molecular weight is 338 g/mol. The number of hydrogen-bond donors (Lipinski definition) is 2. The van der Waals surface area contributed by atoms with Crippen LogP contribution in [0.2, 0.25) is 0 Å². The summed E-state index contributed by atoms with van der Waals surface area (Å²) in [5, 5.41) is 14.5. The number of sulfone groups is 1. The van der Waals surface area contributed by atoms with E-state index in [-0.39, 0.29) is 23.1 Å². The van der Waals surface area contributed by atoms with Crippen molar-refractivity contribution in [3.63, 3.8) is 0 Å². The fraction of sp³-hybridized carbons (Fsp3) is 0.600. The smallest absolute Gasteiger partial charge is 0.320 e. The third-order valence-corrected chi connectivity index (χ3v) is 5.53. The first-order chi connectivity index (χ1) is 10.6. The molecule has 0 aromatic carbocycles. The Bertz CT molecular complexity index is 738. The molecule has 126 valence electrons. The number of carbonyl (C=O) groups excluding carboxylic acids is 1. The Hall–Kier alpha value is -2.01. The summed E-state index contributed by atoms with van der Waals surface area (Å²) in [5.74, 6) is 0.667. The third-order valence-electron chi connectivity index (χ3n) is 3.71. The lowest BCUT2D eigenvalue weighted by Gasteiger charge is -2.26. The Morgan fingerprint density at radius 2 is 2.13 bits per heavy atom. The van der Waals surface area contributed by atoms with E-state index in [0.29, 0.717) is 24.2 Å². The quantitative estimate of drug-likeness (QED) is 0.858.